The third-order valence-electron chi connectivity index (χ3n) is 3.99. The largest absolute Gasteiger partial charge is 0.350 e. The van der Waals surface area contributed by atoms with Crippen LogP contribution in [0.1, 0.15) is 22.0 Å². The number of nitrogens with one attached hydrogen (secondary N) is 1. The van der Waals surface area contributed by atoms with Crippen molar-refractivity contribution >= 4 is 15.7 Å². The van der Waals surface area contributed by atoms with Gasteiger partial charge in [0.2, 0.25) is 9.84 Å². The van der Waals surface area contributed by atoms with Gasteiger partial charge in [0.05, 0.1) is 10.9 Å². The second kappa shape index (κ2) is 8.53. The maximum atomic E-state index is 13.4. The quantitative estimate of drug-likeness (QED) is 0.776. The lowest BCUT2D eigenvalue weighted by molar-refractivity contribution is 0.0942. The average Bonchev–Trinajstić information content (AvgIpc) is 2.61. The molecule has 0 heterocycles. The van der Waals surface area contributed by atoms with Crippen LogP contribution in [0.5, 0.6) is 0 Å². The van der Waals surface area contributed by atoms with E-state index in [1.165, 1.54) is 12.1 Å². The first kappa shape index (κ1) is 20.9. The van der Waals surface area contributed by atoms with E-state index in [1.54, 1.807) is 26.2 Å². The van der Waals surface area contributed by atoms with Gasteiger partial charge < -0.3 is 10.2 Å². The average molecular weight is 400 g/mol. The Balaban J connectivity index is 2.10. The Labute approximate surface area is 155 Å². The molecule has 0 bridgehead atoms. The molecule has 27 heavy (non-hydrogen) atoms. The van der Waals surface area contributed by atoms with Gasteiger partial charge in [-0.05, 0) is 56.1 Å². The molecular weight excluding hydrogens is 381 g/mol. The molecule has 146 valence electrons. The van der Waals surface area contributed by atoms with E-state index in [9.17, 15) is 26.4 Å². The number of benzene rings is 2. The van der Waals surface area contributed by atoms with Gasteiger partial charge in [-0.2, -0.15) is 8.78 Å². The fourth-order valence-corrected chi connectivity index (χ4v) is 3.22. The Morgan fingerprint density at radius 1 is 1.11 bits per heavy atom. The smallest absolute Gasteiger partial charge is 0.341 e. The molecule has 2 rings (SSSR count). The standard InChI is InChI=1S/C18H19F3N2O3S/c1-23(2)16(13-4-3-5-14(19)10-13)11-22-17(24)12-6-8-15(9-7-12)27(25,26)18(20)21/h3-10,16,18H,11H2,1-2H3,(H,22,24)/t16-/m1/s1. The number of halogens is 3. The van der Waals surface area contributed by atoms with Crippen molar-refractivity contribution in [1.29, 1.82) is 0 Å². The van der Waals surface area contributed by atoms with Crippen molar-refractivity contribution in [2.45, 2.75) is 16.7 Å². The van der Waals surface area contributed by atoms with Gasteiger partial charge in [-0.1, -0.05) is 12.1 Å². The zero-order valence-corrected chi connectivity index (χ0v) is 15.5. The maximum Gasteiger partial charge on any atom is 0.341 e. The first-order valence-electron chi connectivity index (χ1n) is 7.95. The van der Waals surface area contributed by atoms with E-state index in [2.05, 4.69) is 5.32 Å². The molecule has 0 spiro atoms. The molecule has 9 heteroatoms. The summed E-state index contributed by atoms with van der Waals surface area (Å²) in [6.07, 6.45) is 0. The zero-order valence-electron chi connectivity index (χ0n) is 14.7. The predicted octanol–water partition coefficient (Wildman–Crippen LogP) is 2.85. The number of carbonyl (C=O) groups is 1. The van der Waals surface area contributed by atoms with Gasteiger partial charge in [-0.3, -0.25) is 4.79 Å². The molecule has 2 aromatic carbocycles. The second-order valence-electron chi connectivity index (χ2n) is 6.07. The van der Waals surface area contributed by atoms with E-state index in [0.717, 1.165) is 24.3 Å². The monoisotopic (exact) mass is 400 g/mol. The molecule has 2 aromatic rings. The lowest BCUT2D eigenvalue weighted by Gasteiger charge is -2.25. The Bertz CT molecular complexity index is 900. The van der Waals surface area contributed by atoms with Crippen LogP contribution in [0.15, 0.2) is 53.4 Å². The van der Waals surface area contributed by atoms with Gasteiger partial charge >= 0.3 is 5.76 Å². The third kappa shape index (κ3) is 5.08. The summed E-state index contributed by atoms with van der Waals surface area (Å²) in [5.41, 5.74) is 0.804. The van der Waals surface area contributed by atoms with Gasteiger partial charge in [-0.15, -0.1) is 0 Å². The normalized spacial score (nSPS) is 13.0. The number of hydrogen-bond acceptors (Lipinski definition) is 4. The Hall–Kier alpha value is -2.39. The van der Waals surface area contributed by atoms with Crippen molar-refractivity contribution < 1.29 is 26.4 Å². The Kier molecular flexibility index (Phi) is 6.61. The summed E-state index contributed by atoms with van der Waals surface area (Å²) in [5.74, 6) is -4.41. The van der Waals surface area contributed by atoms with E-state index >= 15 is 0 Å². The molecule has 0 aliphatic carbocycles. The number of nitrogens with zero attached hydrogens (tertiary/aromatic N) is 1. The highest BCUT2D eigenvalue weighted by Gasteiger charge is 2.26. The van der Waals surface area contributed by atoms with Crippen molar-refractivity contribution in [3.63, 3.8) is 0 Å². The molecule has 1 N–H and O–H groups in total. The van der Waals surface area contributed by atoms with Crippen LogP contribution >= 0.6 is 0 Å². The van der Waals surface area contributed by atoms with E-state index in [1.807, 2.05) is 4.90 Å². The molecule has 1 amide bonds. The van der Waals surface area contributed by atoms with Crippen LogP contribution in [0.3, 0.4) is 0 Å². The van der Waals surface area contributed by atoms with E-state index in [0.29, 0.717) is 5.56 Å². The lowest BCUT2D eigenvalue weighted by Crippen LogP contribution is -2.34. The fourth-order valence-electron chi connectivity index (χ4n) is 2.50. The first-order chi connectivity index (χ1) is 12.6. The molecule has 0 saturated heterocycles. The van der Waals surface area contributed by atoms with Crippen molar-refractivity contribution in [1.82, 2.24) is 10.2 Å². The van der Waals surface area contributed by atoms with Gasteiger partial charge in [0, 0.05) is 12.1 Å². The molecule has 1 atom stereocenters. The van der Waals surface area contributed by atoms with Crippen LogP contribution in [-0.4, -0.2) is 45.6 Å². The van der Waals surface area contributed by atoms with Crippen LogP contribution in [0, 0.1) is 5.82 Å². The minimum atomic E-state index is -4.70. The lowest BCUT2D eigenvalue weighted by atomic mass is 10.1. The number of alkyl halides is 2. The topological polar surface area (TPSA) is 66.5 Å². The molecule has 0 saturated carbocycles. The summed E-state index contributed by atoms with van der Waals surface area (Å²) in [7, 11) is -1.14. The zero-order chi connectivity index (χ0) is 20.2. The van der Waals surface area contributed by atoms with Gasteiger partial charge in [0.1, 0.15) is 5.82 Å². The minimum Gasteiger partial charge on any atom is -0.350 e. The summed E-state index contributed by atoms with van der Waals surface area (Å²) in [6, 6.07) is 9.98. The Morgan fingerprint density at radius 2 is 1.74 bits per heavy atom. The van der Waals surface area contributed by atoms with Crippen molar-refractivity contribution in [2.24, 2.45) is 0 Å². The van der Waals surface area contributed by atoms with Crippen LogP contribution < -0.4 is 5.32 Å². The highest BCUT2D eigenvalue weighted by Crippen LogP contribution is 2.20. The van der Waals surface area contributed by atoms with Crippen LogP contribution in [-0.2, 0) is 9.84 Å². The fraction of sp³-hybridized carbons (Fsp3) is 0.278. The van der Waals surface area contributed by atoms with Gasteiger partial charge in [0.25, 0.3) is 5.91 Å². The highest BCUT2D eigenvalue weighted by molar-refractivity contribution is 7.91. The van der Waals surface area contributed by atoms with Crippen LogP contribution in [0.25, 0.3) is 0 Å². The third-order valence-corrected chi connectivity index (χ3v) is 5.39. The van der Waals surface area contributed by atoms with E-state index < -0.39 is 26.4 Å². The number of sulfone groups is 1. The molecule has 0 unspecified atom stereocenters. The van der Waals surface area contributed by atoms with E-state index in [-0.39, 0.29) is 24.0 Å². The molecule has 0 aliphatic rings. The number of rotatable bonds is 7. The van der Waals surface area contributed by atoms with Crippen molar-refractivity contribution in [2.75, 3.05) is 20.6 Å². The Morgan fingerprint density at radius 3 is 2.26 bits per heavy atom. The van der Waals surface area contributed by atoms with Crippen LogP contribution in [0.2, 0.25) is 0 Å². The number of hydrogen-bond donors (Lipinski definition) is 1. The van der Waals surface area contributed by atoms with Gasteiger partial charge in [0.15, 0.2) is 0 Å². The van der Waals surface area contributed by atoms with Crippen molar-refractivity contribution in [3.8, 4) is 0 Å². The highest BCUT2D eigenvalue weighted by atomic mass is 32.2. The maximum absolute atomic E-state index is 13.4. The number of likely N-dealkylation sites (N-methyl/N-ethyl adjacent to an activating group) is 1. The molecule has 0 radical (unpaired) electrons. The predicted molar refractivity (Wildman–Crippen MR) is 94.8 cm³/mol. The molecule has 0 fully saturated rings. The molecular formula is C18H19F3N2O3S. The molecule has 0 aliphatic heterocycles. The summed E-state index contributed by atoms with van der Waals surface area (Å²) in [4.78, 5) is 13.5. The van der Waals surface area contributed by atoms with Gasteiger partial charge in [-0.25, -0.2) is 12.8 Å². The van der Waals surface area contributed by atoms with E-state index in [4.69, 9.17) is 0 Å². The summed E-state index contributed by atoms with van der Waals surface area (Å²) >= 11 is 0. The minimum absolute atomic E-state index is 0.125. The summed E-state index contributed by atoms with van der Waals surface area (Å²) in [5, 5.41) is 2.68. The SMILES string of the molecule is CN(C)[C@H](CNC(=O)c1ccc(S(=O)(=O)C(F)F)cc1)c1cccc(F)c1. The molecule has 0 aromatic heterocycles. The summed E-state index contributed by atoms with van der Waals surface area (Å²) in [6.45, 7) is 0.173. The first-order valence-corrected chi connectivity index (χ1v) is 9.49. The van der Waals surface area contributed by atoms with Crippen molar-refractivity contribution in [3.05, 3.63) is 65.5 Å². The molecule has 5 nitrogen and oxygen atoms in total. The number of carbonyl (C=O) groups excluding carboxylic acids is 1. The summed E-state index contributed by atoms with van der Waals surface area (Å²) < 4.78 is 61.3. The second-order valence-corrected chi connectivity index (χ2v) is 7.99. The number of amides is 1. The van der Waals surface area contributed by atoms with Crippen LogP contribution in [0.4, 0.5) is 13.2 Å².